The first-order chi connectivity index (χ1) is 13.7. The van der Waals surface area contributed by atoms with Crippen molar-refractivity contribution in [1.29, 1.82) is 0 Å². The summed E-state index contributed by atoms with van der Waals surface area (Å²) in [6.07, 6.45) is 3.11. The summed E-state index contributed by atoms with van der Waals surface area (Å²) in [5, 5.41) is 20.5. The molecule has 0 aliphatic rings. The van der Waals surface area contributed by atoms with Gasteiger partial charge in [0.15, 0.2) is 6.61 Å². The zero-order chi connectivity index (χ0) is 19.8. The molecule has 1 heterocycles. The molecule has 28 heavy (non-hydrogen) atoms. The highest BCUT2D eigenvalue weighted by Crippen LogP contribution is 2.27. The predicted octanol–water partition coefficient (Wildman–Crippen LogP) is 2.46. The Bertz CT molecular complexity index is 976. The van der Waals surface area contributed by atoms with E-state index in [2.05, 4.69) is 25.7 Å². The normalized spacial score (nSPS) is 10.6. The number of carbonyl (C=O) groups is 1. The van der Waals surface area contributed by atoms with Crippen molar-refractivity contribution < 1.29 is 19.4 Å². The number of carboxylic acid groups (broad SMARTS) is 1. The minimum atomic E-state index is -1.03. The first kappa shape index (κ1) is 18.8. The molecule has 3 rings (SSSR count). The van der Waals surface area contributed by atoms with Gasteiger partial charge in [-0.3, -0.25) is 0 Å². The van der Waals surface area contributed by atoms with Crippen LogP contribution in [-0.2, 0) is 4.79 Å². The van der Waals surface area contributed by atoms with Crippen molar-refractivity contribution in [3.05, 3.63) is 60.3 Å². The zero-order valence-corrected chi connectivity index (χ0v) is 14.9. The van der Waals surface area contributed by atoms with E-state index >= 15 is 0 Å². The van der Waals surface area contributed by atoms with Crippen LogP contribution in [0.4, 0.5) is 5.95 Å². The van der Waals surface area contributed by atoms with Crippen LogP contribution in [0.5, 0.6) is 11.5 Å². The first-order valence-electron chi connectivity index (χ1n) is 8.22. The summed E-state index contributed by atoms with van der Waals surface area (Å²) in [7, 11) is 1.59. The van der Waals surface area contributed by atoms with Gasteiger partial charge < -0.3 is 14.6 Å². The number of ether oxygens (including phenoxy) is 2. The third-order valence-corrected chi connectivity index (χ3v) is 3.56. The van der Waals surface area contributed by atoms with Crippen molar-refractivity contribution >= 4 is 18.1 Å². The summed E-state index contributed by atoms with van der Waals surface area (Å²) >= 11 is 0. The Hall–Kier alpha value is -4.01. The van der Waals surface area contributed by atoms with Gasteiger partial charge in [0.05, 0.1) is 25.2 Å². The molecule has 0 amide bonds. The van der Waals surface area contributed by atoms with Crippen LogP contribution in [0.3, 0.4) is 0 Å². The van der Waals surface area contributed by atoms with Crippen LogP contribution in [0, 0.1) is 0 Å². The summed E-state index contributed by atoms with van der Waals surface area (Å²) in [5.41, 5.74) is 4.91. The zero-order valence-electron chi connectivity index (χ0n) is 14.9. The maximum Gasteiger partial charge on any atom is 0.341 e. The van der Waals surface area contributed by atoms with E-state index in [9.17, 15) is 4.79 Å². The maximum absolute atomic E-state index is 10.5. The monoisotopic (exact) mass is 379 g/mol. The Kier molecular flexibility index (Phi) is 6.09. The molecule has 0 unspecified atom stereocenters. The molecule has 9 heteroatoms. The Morgan fingerprint density at radius 2 is 2.00 bits per heavy atom. The number of anilines is 1. The molecule has 0 saturated heterocycles. The molecule has 142 valence electrons. The van der Waals surface area contributed by atoms with Gasteiger partial charge in [0, 0.05) is 5.56 Å². The number of hydrogen-bond donors (Lipinski definition) is 2. The second kappa shape index (κ2) is 9.08. The molecule has 1 aromatic heterocycles. The van der Waals surface area contributed by atoms with Crippen molar-refractivity contribution in [2.75, 3.05) is 19.1 Å². The van der Waals surface area contributed by atoms with Crippen LogP contribution < -0.4 is 14.9 Å². The molecule has 0 aliphatic carbocycles. The van der Waals surface area contributed by atoms with E-state index in [4.69, 9.17) is 14.6 Å². The van der Waals surface area contributed by atoms with Crippen molar-refractivity contribution in [2.24, 2.45) is 5.10 Å². The van der Waals surface area contributed by atoms with Crippen molar-refractivity contribution in [2.45, 2.75) is 0 Å². The molecule has 2 aromatic carbocycles. The van der Waals surface area contributed by atoms with E-state index in [0.29, 0.717) is 17.2 Å². The number of benzene rings is 2. The van der Waals surface area contributed by atoms with Gasteiger partial charge >= 0.3 is 5.97 Å². The number of rotatable bonds is 8. The minimum absolute atomic E-state index is 0.237. The van der Waals surface area contributed by atoms with Crippen LogP contribution in [-0.4, -0.2) is 46.2 Å². The van der Waals surface area contributed by atoms with Crippen LogP contribution >= 0.6 is 0 Å². The second-order valence-corrected chi connectivity index (χ2v) is 5.49. The SMILES string of the molecule is COc1ccccc1-c1cnnc(N/N=C/c2ccc(OCC(=O)O)cc2)n1. The van der Waals surface area contributed by atoms with Gasteiger partial charge in [0.1, 0.15) is 11.5 Å². The highest BCUT2D eigenvalue weighted by Gasteiger charge is 2.08. The van der Waals surface area contributed by atoms with E-state index < -0.39 is 5.97 Å². The number of methoxy groups -OCH3 is 1. The van der Waals surface area contributed by atoms with E-state index in [1.165, 1.54) is 0 Å². The average Bonchev–Trinajstić information content (AvgIpc) is 2.73. The number of hydrazone groups is 1. The van der Waals surface area contributed by atoms with Gasteiger partial charge in [0.25, 0.3) is 5.95 Å². The Morgan fingerprint density at radius 3 is 2.75 bits per heavy atom. The highest BCUT2D eigenvalue weighted by molar-refractivity contribution is 5.80. The maximum atomic E-state index is 10.5. The fraction of sp³-hybridized carbons (Fsp3) is 0.105. The molecular formula is C19H17N5O4. The van der Waals surface area contributed by atoms with Gasteiger partial charge in [-0.15, -0.1) is 5.10 Å². The van der Waals surface area contributed by atoms with E-state index in [-0.39, 0.29) is 12.6 Å². The van der Waals surface area contributed by atoms with Crippen LogP contribution in [0.25, 0.3) is 11.3 Å². The lowest BCUT2D eigenvalue weighted by molar-refractivity contribution is -0.139. The molecule has 0 radical (unpaired) electrons. The lowest BCUT2D eigenvalue weighted by atomic mass is 10.1. The summed E-state index contributed by atoms with van der Waals surface area (Å²) < 4.78 is 10.4. The largest absolute Gasteiger partial charge is 0.496 e. The van der Waals surface area contributed by atoms with E-state index in [1.807, 2.05) is 24.3 Å². The van der Waals surface area contributed by atoms with Gasteiger partial charge in [-0.1, -0.05) is 12.1 Å². The molecular weight excluding hydrogens is 362 g/mol. The summed E-state index contributed by atoms with van der Waals surface area (Å²) in [4.78, 5) is 14.9. The Balaban J connectivity index is 1.65. The topological polar surface area (TPSA) is 119 Å². The number of nitrogens with zero attached hydrogens (tertiary/aromatic N) is 4. The fourth-order valence-electron chi connectivity index (χ4n) is 2.30. The van der Waals surface area contributed by atoms with Crippen LogP contribution in [0.2, 0.25) is 0 Å². The number of para-hydroxylation sites is 1. The van der Waals surface area contributed by atoms with Crippen LogP contribution in [0.15, 0.2) is 59.8 Å². The third kappa shape index (κ3) is 5.01. The number of nitrogens with one attached hydrogen (secondary N) is 1. The first-order valence-corrected chi connectivity index (χ1v) is 8.22. The Morgan fingerprint density at radius 1 is 1.21 bits per heavy atom. The third-order valence-electron chi connectivity index (χ3n) is 3.56. The second-order valence-electron chi connectivity index (χ2n) is 5.49. The van der Waals surface area contributed by atoms with Crippen LogP contribution in [0.1, 0.15) is 5.56 Å². The molecule has 3 aromatic rings. The summed E-state index contributed by atoms with van der Waals surface area (Å²) in [6, 6.07) is 14.3. The highest BCUT2D eigenvalue weighted by atomic mass is 16.5. The molecule has 0 bridgehead atoms. The van der Waals surface area contributed by atoms with Crippen molar-refractivity contribution in [3.63, 3.8) is 0 Å². The molecule has 2 N–H and O–H groups in total. The van der Waals surface area contributed by atoms with Gasteiger partial charge in [-0.2, -0.15) is 10.2 Å². The molecule has 0 spiro atoms. The average molecular weight is 379 g/mol. The number of aliphatic carboxylic acids is 1. The number of hydrogen-bond acceptors (Lipinski definition) is 8. The fourth-order valence-corrected chi connectivity index (χ4v) is 2.30. The standard InChI is InChI=1S/C19H17N5O4/c1-27-17-5-3-2-4-15(17)16-11-21-24-19(22-16)23-20-10-13-6-8-14(9-7-13)28-12-18(25)26/h2-11H,12H2,1H3,(H,25,26)(H,22,23,24)/b20-10+. The van der Waals surface area contributed by atoms with Gasteiger partial charge in [-0.05, 0) is 42.0 Å². The lowest BCUT2D eigenvalue weighted by Crippen LogP contribution is -2.09. The minimum Gasteiger partial charge on any atom is -0.496 e. The van der Waals surface area contributed by atoms with E-state index in [0.717, 1.165) is 11.1 Å². The molecule has 0 atom stereocenters. The van der Waals surface area contributed by atoms with E-state index in [1.54, 1.807) is 43.8 Å². The molecule has 0 fully saturated rings. The smallest absolute Gasteiger partial charge is 0.341 e. The summed E-state index contributed by atoms with van der Waals surface area (Å²) in [5.74, 6) is 0.354. The predicted molar refractivity (Wildman–Crippen MR) is 103 cm³/mol. The molecule has 9 nitrogen and oxygen atoms in total. The lowest BCUT2D eigenvalue weighted by Gasteiger charge is -2.07. The van der Waals surface area contributed by atoms with Gasteiger partial charge in [0.2, 0.25) is 0 Å². The summed E-state index contributed by atoms with van der Waals surface area (Å²) in [6.45, 7) is -0.387. The number of aromatic nitrogens is 3. The molecule has 0 aliphatic heterocycles. The molecule has 0 saturated carbocycles. The number of carboxylic acids is 1. The Labute approximate surface area is 160 Å². The van der Waals surface area contributed by atoms with Crippen molar-refractivity contribution in [1.82, 2.24) is 15.2 Å². The van der Waals surface area contributed by atoms with Gasteiger partial charge in [-0.25, -0.2) is 15.2 Å². The quantitative estimate of drug-likeness (QED) is 0.452. The van der Waals surface area contributed by atoms with Crippen molar-refractivity contribution in [3.8, 4) is 22.8 Å².